The Balaban J connectivity index is 1.65. The number of anilines is 1. The zero-order chi connectivity index (χ0) is 19.8. The van der Waals surface area contributed by atoms with Crippen molar-refractivity contribution < 1.29 is 14.7 Å². The van der Waals surface area contributed by atoms with Crippen LogP contribution in [0.5, 0.6) is 0 Å². The smallest absolute Gasteiger partial charge is 0.307 e. The summed E-state index contributed by atoms with van der Waals surface area (Å²) in [5, 5.41) is 9.96. The molecule has 1 aromatic heterocycles. The van der Waals surface area contributed by atoms with Crippen LogP contribution in [0.25, 0.3) is 17.0 Å². The van der Waals surface area contributed by atoms with Crippen LogP contribution in [-0.4, -0.2) is 25.9 Å². The summed E-state index contributed by atoms with van der Waals surface area (Å²) in [5.41, 5.74) is 3.37. The van der Waals surface area contributed by atoms with Crippen LogP contribution in [0.2, 0.25) is 0 Å². The van der Waals surface area contributed by atoms with Crippen LogP contribution < -0.4 is 4.90 Å². The van der Waals surface area contributed by atoms with Gasteiger partial charge in [0.05, 0.1) is 17.0 Å². The molecule has 1 aliphatic heterocycles. The summed E-state index contributed by atoms with van der Waals surface area (Å²) < 4.78 is 2.49. The molecule has 28 heavy (non-hydrogen) atoms. The Morgan fingerprint density at radius 3 is 2.61 bits per heavy atom. The lowest BCUT2D eigenvalue weighted by atomic mass is 10.1. The number of thioether (sulfide) groups is 1. The molecule has 5 nitrogen and oxygen atoms in total. The monoisotopic (exact) mass is 408 g/mol. The van der Waals surface area contributed by atoms with Gasteiger partial charge in [-0.25, -0.2) is 0 Å². The third-order valence-corrected chi connectivity index (χ3v) is 5.86. The van der Waals surface area contributed by atoms with Gasteiger partial charge in [0.15, 0.2) is 4.32 Å². The molecule has 7 heteroatoms. The Hall–Kier alpha value is -2.90. The molecule has 1 N–H and O–H groups in total. The number of aryl methyl sites for hydroxylation is 1. The van der Waals surface area contributed by atoms with E-state index in [-0.39, 0.29) is 12.3 Å². The lowest BCUT2D eigenvalue weighted by Crippen LogP contribution is -2.27. The topological polar surface area (TPSA) is 62.5 Å². The number of thiocarbonyl (C=S) groups is 1. The molecule has 0 aliphatic carbocycles. The second-order valence-corrected chi connectivity index (χ2v) is 8.14. The number of fused-ring (bicyclic) bond motifs is 1. The molecule has 0 spiro atoms. The number of carboxylic acids is 1. The first kappa shape index (κ1) is 18.5. The Morgan fingerprint density at radius 2 is 1.89 bits per heavy atom. The lowest BCUT2D eigenvalue weighted by Gasteiger charge is -2.14. The number of hydrogen-bond donors (Lipinski definition) is 1. The van der Waals surface area contributed by atoms with E-state index in [4.69, 9.17) is 17.3 Å². The average molecular weight is 409 g/mol. The molecule has 0 bridgehead atoms. The second kappa shape index (κ2) is 7.26. The molecule has 1 aliphatic rings. The molecule has 0 atom stereocenters. The molecule has 2 aromatic carbocycles. The Kier molecular flexibility index (Phi) is 4.78. The molecule has 3 aromatic rings. The molecule has 140 valence electrons. The van der Waals surface area contributed by atoms with E-state index < -0.39 is 5.97 Å². The van der Waals surface area contributed by atoms with Crippen LogP contribution >= 0.6 is 24.0 Å². The lowest BCUT2D eigenvalue weighted by molar-refractivity contribution is -0.136. The fraction of sp³-hybridized carbons (Fsp3) is 0.0952. The highest BCUT2D eigenvalue weighted by Gasteiger charge is 2.33. The molecule has 1 saturated heterocycles. The van der Waals surface area contributed by atoms with Gasteiger partial charge in [0.25, 0.3) is 5.91 Å². The Bertz CT molecular complexity index is 1150. The van der Waals surface area contributed by atoms with Crippen LogP contribution in [0.3, 0.4) is 0 Å². The number of nitrogens with zero attached hydrogens (tertiary/aromatic N) is 2. The second-order valence-electron chi connectivity index (χ2n) is 6.47. The predicted molar refractivity (Wildman–Crippen MR) is 116 cm³/mol. The number of carbonyl (C=O) groups excluding carboxylic acids is 1. The maximum Gasteiger partial charge on any atom is 0.307 e. The van der Waals surface area contributed by atoms with Gasteiger partial charge in [-0.2, -0.15) is 0 Å². The predicted octanol–water partition coefficient (Wildman–Crippen LogP) is 4.21. The number of hydrogen-bond acceptors (Lipinski definition) is 4. The number of para-hydroxylation sites is 1. The summed E-state index contributed by atoms with van der Waals surface area (Å²) in [6, 6.07) is 14.9. The van der Waals surface area contributed by atoms with Gasteiger partial charge in [0, 0.05) is 29.7 Å². The first-order valence-electron chi connectivity index (χ1n) is 8.57. The van der Waals surface area contributed by atoms with Crippen molar-refractivity contribution in [2.24, 2.45) is 7.05 Å². The van der Waals surface area contributed by atoms with E-state index in [1.165, 1.54) is 16.7 Å². The third-order valence-electron chi connectivity index (χ3n) is 4.56. The van der Waals surface area contributed by atoms with Crippen LogP contribution in [0.1, 0.15) is 11.1 Å². The van der Waals surface area contributed by atoms with Gasteiger partial charge in [-0.1, -0.05) is 54.3 Å². The molecule has 1 fully saturated rings. The molecular weight excluding hydrogens is 392 g/mol. The van der Waals surface area contributed by atoms with Gasteiger partial charge in [-0.05, 0) is 29.8 Å². The zero-order valence-electron chi connectivity index (χ0n) is 15.0. The SMILES string of the molecule is Cn1cc(/C=C2\SC(=S)N(c3ccc(CC(=O)O)cc3)C2=O)c2ccccc21. The van der Waals surface area contributed by atoms with Gasteiger partial charge in [-0.15, -0.1) is 0 Å². The summed E-state index contributed by atoms with van der Waals surface area (Å²) in [5.74, 6) is -1.06. The van der Waals surface area contributed by atoms with Gasteiger partial charge in [-0.3, -0.25) is 14.5 Å². The van der Waals surface area contributed by atoms with Crippen molar-refractivity contribution in [1.82, 2.24) is 4.57 Å². The minimum absolute atomic E-state index is 0.0559. The Morgan fingerprint density at radius 1 is 1.18 bits per heavy atom. The maximum absolute atomic E-state index is 13.0. The first-order valence-corrected chi connectivity index (χ1v) is 9.79. The standard InChI is InChI=1S/C21H16N2O3S2/c1-22-12-14(16-4-2-3-5-17(16)22)11-18-20(26)23(21(27)28-18)15-8-6-13(7-9-15)10-19(24)25/h2-9,11-12H,10H2,1H3,(H,24,25)/b18-11-. The highest BCUT2D eigenvalue weighted by atomic mass is 32.2. The quantitative estimate of drug-likeness (QED) is 0.518. The van der Waals surface area contributed by atoms with E-state index in [0.717, 1.165) is 16.5 Å². The highest BCUT2D eigenvalue weighted by Crippen LogP contribution is 2.37. The normalized spacial score (nSPS) is 15.8. The van der Waals surface area contributed by atoms with Crippen LogP contribution in [0.15, 0.2) is 59.6 Å². The number of amides is 1. The summed E-state index contributed by atoms with van der Waals surface area (Å²) in [6.45, 7) is 0. The number of aliphatic carboxylic acids is 1. The van der Waals surface area contributed by atoms with Gasteiger partial charge < -0.3 is 9.67 Å². The summed E-state index contributed by atoms with van der Waals surface area (Å²) >= 11 is 6.69. The molecule has 0 saturated carbocycles. The van der Waals surface area contributed by atoms with Crippen molar-refractivity contribution in [3.05, 3.63) is 70.8 Å². The van der Waals surface area contributed by atoms with Crippen LogP contribution in [-0.2, 0) is 23.1 Å². The largest absolute Gasteiger partial charge is 0.481 e. The minimum Gasteiger partial charge on any atom is -0.481 e. The van der Waals surface area contributed by atoms with E-state index in [2.05, 4.69) is 0 Å². The van der Waals surface area contributed by atoms with E-state index >= 15 is 0 Å². The third kappa shape index (κ3) is 3.34. The number of rotatable bonds is 4. The van der Waals surface area contributed by atoms with E-state index in [1.54, 1.807) is 24.3 Å². The average Bonchev–Trinajstić information content (AvgIpc) is 3.12. The van der Waals surface area contributed by atoms with E-state index in [0.29, 0.717) is 20.5 Å². The van der Waals surface area contributed by atoms with E-state index in [1.807, 2.05) is 48.2 Å². The van der Waals surface area contributed by atoms with Crippen molar-refractivity contribution in [3.8, 4) is 0 Å². The zero-order valence-corrected chi connectivity index (χ0v) is 16.6. The van der Waals surface area contributed by atoms with Crippen LogP contribution in [0.4, 0.5) is 5.69 Å². The molecule has 1 amide bonds. The maximum atomic E-state index is 13.0. The van der Waals surface area contributed by atoms with Crippen LogP contribution in [0, 0.1) is 0 Å². The number of aromatic nitrogens is 1. The van der Waals surface area contributed by atoms with Gasteiger partial charge >= 0.3 is 5.97 Å². The van der Waals surface area contributed by atoms with Crippen molar-refractivity contribution >= 4 is 62.8 Å². The van der Waals surface area contributed by atoms with Crippen molar-refractivity contribution in [1.29, 1.82) is 0 Å². The van der Waals surface area contributed by atoms with Gasteiger partial charge in [0.2, 0.25) is 0 Å². The molecule has 0 radical (unpaired) electrons. The number of carbonyl (C=O) groups is 2. The number of carboxylic acid groups (broad SMARTS) is 1. The first-order chi connectivity index (χ1) is 13.4. The summed E-state index contributed by atoms with van der Waals surface area (Å²) in [6.07, 6.45) is 3.82. The molecule has 4 rings (SSSR count). The molecular formula is C21H16N2O3S2. The Labute approximate surface area is 171 Å². The van der Waals surface area contributed by atoms with Gasteiger partial charge in [0.1, 0.15) is 0 Å². The molecule has 2 heterocycles. The summed E-state index contributed by atoms with van der Waals surface area (Å²) in [7, 11) is 1.98. The molecule has 0 unspecified atom stereocenters. The fourth-order valence-corrected chi connectivity index (χ4v) is 4.55. The minimum atomic E-state index is -0.892. The highest BCUT2D eigenvalue weighted by molar-refractivity contribution is 8.27. The number of benzene rings is 2. The van der Waals surface area contributed by atoms with Crippen molar-refractivity contribution in [2.45, 2.75) is 6.42 Å². The summed E-state index contributed by atoms with van der Waals surface area (Å²) in [4.78, 5) is 25.9. The van der Waals surface area contributed by atoms with Crippen molar-refractivity contribution in [3.63, 3.8) is 0 Å². The van der Waals surface area contributed by atoms with Crippen molar-refractivity contribution in [2.75, 3.05) is 4.90 Å². The van der Waals surface area contributed by atoms with E-state index in [9.17, 15) is 9.59 Å². The fourth-order valence-electron chi connectivity index (χ4n) is 3.26.